The molecule has 13 heavy (non-hydrogen) atoms. The van der Waals surface area contributed by atoms with Gasteiger partial charge in [0.15, 0.2) is 12.0 Å². The lowest BCUT2D eigenvalue weighted by atomic mass is 10.1. The van der Waals surface area contributed by atoms with Crippen LogP contribution in [0.15, 0.2) is 29.0 Å². The fourth-order valence-corrected chi connectivity index (χ4v) is 1.30. The Kier molecular flexibility index (Phi) is 1.85. The van der Waals surface area contributed by atoms with E-state index < -0.39 is 0 Å². The Balaban J connectivity index is 2.42. The molecule has 0 aliphatic heterocycles. The molecule has 0 amide bonds. The van der Waals surface area contributed by atoms with Crippen molar-refractivity contribution in [3.63, 3.8) is 0 Å². The van der Waals surface area contributed by atoms with E-state index in [0.717, 1.165) is 16.7 Å². The van der Waals surface area contributed by atoms with Gasteiger partial charge in [-0.3, -0.25) is 4.79 Å². The van der Waals surface area contributed by atoms with Crippen molar-refractivity contribution in [3.05, 3.63) is 30.2 Å². The number of hydrogen-bond donors (Lipinski definition) is 0. The third kappa shape index (κ3) is 1.59. The largest absolute Gasteiger partial charge is 0.443 e. The van der Waals surface area contributed by atoms with Gasteiger partial charge >= 0.3 is 0 Å². The maximum atomic E-state index is 10.8. The topological polar surface area (TPSA) is 43.1 Å². The number of oxazole rings is 1. The van der Waals surface area contributed by atoms with Crippen molar-refractivity contribution >= 4 is 16.9 Å². The third-order valence-corrected chi connectivity index (χ3v) is 1.85. The lowest BCUT2D eigenvalue weighted by molar-refractivity contribution is -0.116. The normalized spacial score (nSPS) is 10.5. The maximum Gasteiger partial charge on any atom is 0.181 e. The number of rotatable bonds is 2. The standard InChI is InChI=1S/C10H9NO2/c1-7(12)4-8-2-3-9-10(5-8)13-6-11-9/h2-3,5-6H,4H2,1H3. The Bertz CT molecular complexity index is 445. The molecule has 1 aromatic heterocycles. The number of fused-ring (bicyclic) bond motifs is 1. The minimum absolute atomic E-state index is 0.152. The number of carbonyl (C=O) groups excluding carboxylic acids is 1. The van der Waals surface area contributed by atoms with Gasteiger partial charge in [-0.2, -0.15) is 0 Å². The first kappa shape index (κ1) is 7.98. The second kappa shape index (κ2) is 3.01. The van der Waals surface area contributed by atoms with E-state index in [9.17, 15) is 4.79 Å². The predicted octanol–water partition coefficient (Wildman–Crippen LogP) is 1.96. The van der Waals surface area contributed by atoms with E-state index in [1.54, 1.807) is 6.92 Å². The van der Waals surface area contributed by atoms with Crippen LogP contribution in [-0.2, 0) is 11.2 Å². The van der Waals surface area contributed by atoms with Crippen LogP contribution in [0, 0.1) is 0 Å². The maximum absolute atomic E-state index is 10.8. The summed E-state index contributed by atoms with van der Waals surface area (Å²) in [5.41, 5.74) is 2.53. The fourth-order valence-electron chi connectivity index (χ4n) is 1.30. The van der Waals surface area contributed by atoms with E-state index in [4.69, 9.17) is 4.42 Å². The number of ketones is 1. The summed E-state index contributed by atoms with van der Waals surface area (Å²) in [5.74, 6) is 0.152. The molecule has 66 valence electrons. The lowest BCUT2D eigenvalue weighted by Crippen LogP contribution is -1.95. The van der Waals surface area contributed by atoms with E-state index in [1.807, 2.05) is 18.2 Å². The van der Waals surface area contributed by atoms with Gasteiger partial charge in [-0.15, -0.1) is 0 Å². The molecule has 2 aromatic rings. The average molecular weight is 175 g/mol. The van der Waals surface area contributed by atoms with Gasteiger partial charge < -0.3 is 4.42 Å². The van der Waals surface area contributed by atoms with Crippen LogP contribution in [0.1, 0.15) is 12.5 Å². The van der Waals surface area contributed by atoms with Gasteiger partial charge in [-0.1, -0.05) is 6.07 Å². The molecule has 1 heterocycles. The molecule has 0 aliphatic carbocycles. The molecule has 0 atom stereocenters. The van der Waals surface area contributed by atoms with E-state index in [2.05, 4.69) is 4.98 Å². The Morgan fingerprint density at radius 1 is 1.54 bits per heavy atom. The molecular weight excluding hydrogens is 166 g/mol. The van der Waals surface area contributed by atoms with Crippen molar-refractivity contribution in [1.29, 1.82) is 0 Å². The molecule has 1 aromatic carbocycles. The van der Waals surface area contributed by atoms with Crippen LogP contribution in [-0.4, -0.2) is 10.8 Å². The highest BCUT2D eigenvalue weighted by Crippen LogP contribution is 2.14. The molecule has 0 spiro atoms. The van der Waals surface area contributed by atoms with Gasteiger partial charge in [0.05, 0.1) is 0 Å². The molecule has 0 unspecified atom stereocenters. The van der Waals surface area contributed by atoms with Gasteiger partial charge in [0.25, 0.3) is 0 Å². The van der Waals surface area contributed by atoms with E-state index in [-0.39, 0.29) is 5.78 Å². The summed E-state index contributed by atoms with van der Waals surface area (Å²) >= 11 is 0. The minimum atomic E-state index is 0.152. The van der Waals surface area contributed by atoms with Crippen molar-refractivity contribution in [3.8, 4) is 0 Å². The minimum Gasteiger partial charge on any atom is -0.443 e. The zero-order valence-corrected chi connectivity index (χ0v) is 7.28. The second-order valence-electron chi connectivity index (χ2n) is 3.03. The Morgan fingerprint density at radius 2 is 2.38 bits per heavy atom. The van der Waals surface area contributed by atoms with Crippen LogP contribution in [0.3, 0.4) is 0 Å². The summed E-state index contributed by atoms with van der Waals surface area (Å²) in [7, 11) is 0. The third-order valence-electron chi connectivity index (χ3n) is 1.85. The van der Waals surface area contributed by atoms with Gasteiger partial charge in [-0.05, 0) is 24.6 Å². The number of benzene rings is 1. The Labute approximate surface area is 75.4 Å². The van der Waals surface area contributed by atoms with Crippen molar-refractivity contribution < 1.29 is 9.21 Å². The lowest BCUT2D eigenvalue weighted by Gasteiger charge is -1.95. The molecule has 0 saturated heterocycles. The predicted molar refractivity (Wildman–Crippen MR) is 48.4 cm³/mol. The van der Waals surface area contributed by atoms with E-state index in [0.29, 0.717) is 6.42 Å². The number of nitrogens with zero attached hydrogens (tertiary/aromatic N) is 1. The summed E-state index contributed by atoms with van der Waals surface area (Å²) < 4.78 is 5.12. The Morgan fingerprint density at radius 3 is 3.15 bits per heavy atom. The molecule has 0 aliphatic rings. The van der Waals surface area contributed by atoms with Gasteiger partial charge in [0.1, 0.15) is 11.3 Å². The van der Waals surface area contributed by atoms with Crippen LogP contribution in [0.5, 0.6) is 0 Å². The number of Topliss-reactive ketones (excluding diaryl/α,β-unsaturated/α-hetero) is 1. The van der Waals surface area contributed by atoms with Crippen LogP contribution < -0.4 is 0 Å². The smallest absolute Gasteiger partial charge is 0.181 e. The highest BCUT2D eigenvalue weighted by Gasteiger charge is 2.01. The highest BCUT2D eigenvalue weighted by molar-refractivity contribution is 5.80. The molecule has 0 N–H and O–H groups in total. The number of aromatic nitrogens is 1. The Hall–Kier alpha value is -1.64. The average Bonchev–Trinajstić information content (AvgIpc) is 2.49. The molecule has 0 saturated carbocycles. The first-order valence-electron chi connectivity index (χ1n) is 4.07. The van der Waals surface area contributed by atoms with Gasteiger partial charge in [0, 0.05) is 6.42 Å². The monoisotopic (exact) mass is 175 g/mol. The molecular formula is C10H9NO2. The van der Waals surface area contributed by atoms with Crippen LogP contribution in [0.4, 0.5) is 0 Å². The number of carbonyl (C=O) groups is 1. The summed E-state index contributed by atoms with van der Waals surface area (Å²) in [5, 5.41) is 0. The van der Waals surface area contributed by atoms with Crippen LogP contribution in [0.2, 0.25) is 0 Å². The summed E-state index contributed by atoms with van der Waals surface area (Å²) in [6.45, 7) is 1.57. The molecule has 0 radical (unpaired) electrons. The van der Waals surface area contributed by atoms with Crippen molar-refractivity contribution in [2.75, 3.05) is 0 Å². The zero-order chi connectivity index (χ0) is 9.26. The molecule has 0 bridgehead atoms. The first-order chi connectivity index (χ1) is 6.25. The van der Waals surface area contributed by atoms with Crippen molar-refractivity contribution in [2.45, 2.75) is 13.3 Å². The van der Waals surface area contributed by atoms with E-state index >= 15 is 0 Å². The van der Waals surface area contributed by atoms with Gasteiger partial charge in [0.2, 0.25) is 0 Å². The summed E-state index contributed by atoms with van der Waals surface area (Å²) in [6, 6.07) is 5.60. The summed E-state index contributed by atoms with van der Waals surface area (Å²) in [6.07, 6.45) is 1.86. The summed E-state index contributed by atoms with van der Waals surface area (Å²) in [4.78, 5) is 14.8. The van der Waals surface area contributed by atoms with Crippen LogP contribution >= 0.6 is 0 Å². The molecule has 2 rings (SSSR count). The van der Waals surface area contributed by atoms with Crippen LogP contribution in [0.25, 0.3) is 11.1 Å². The quantitative estimate of drug-likeness (QED) is 0.700. The fraction of sp³-hybridized carbons (Fsp3) is 0.200. The number of hydrogen-bond acceptors (Lipinski definition) is 3. The van der Waals surface area contributed by atoms with E-state index in [1.165, 1.54) is 6.39 Å². The zero-order valence-electron chi connectivity index (χ0n) is 7.28. The second-order valence-corrected chi connectivity index (χ2v) is 3.03. The van der Waals surface area contributed by atoms with Crippen molar-refractivity contribution in [2.24, 2.45) is 0 Å². The highest BCUT2D eigenvalue weighted by atomic mass is 16.3. The SMILES string of the molecule is CC(=O)Cc1ccc2ncoc2c1. The van der Waals surface area contributed by atoms with Crippen molar-refractivity contribution in [1.82, 2.24) is 4.98 Å². The molecule has 0 fully saturated rings. The first-order valence-corrected chi connectivity index (χ1v) is 4.07. The molecule has 3 nitrogen and oxygen atoms in total. The van der Waals surface area contributed by atoms with Gasteiger partial charge in [-0.25, -0.2) is 4.98 Å². The molecule has 3 heteroatoms.